The second-order valence-corrected chi connectivity index (χ2v) is 7.86. The molecule has 0 bridgehead atoms. The average molecular weight is 475 g/mol. The molecule has 2 heterocycles. The monoisotopic (exact) mass is 474 g/mol. The Morgan fingerprint density at radius 1 is 1.06 bits per heavy atom. The van der Waals surface area contributed by atoms with Gasteiger partial charge in [-0.05, 0) is 36.4 Å². The number of hydrazone groups is 1. The summed E-state index contributed by atoms with van der Waals surface area (Å²) < 4.78 is 12.7. The number of nitrogens with one attached hydrogen (secondary N) is 1. The van der Waals surface area contributed by atoms with Crippen molar-refractivity contribution in [3.05, 3.63) is 78.6 Å². The van der Waals surface area contributed by atoms with Gasteiger partial charge in [0.1, 0.15) is 0 Å². The van der Waals surface area contributed by atoms with Crippen LogP contribution in [0.3, 0.4) is 0 Å². The zero-order chi connectivity index (χ0) is 23.8. The van der Waals surface area contributed by atoms with E-state index in [1.807, 2.05) is 59.2 Å². The van der Waals surface area contributed by atoms with Gasteiger partial charge in [0.25, 0.3) is 5.91 Å². The Balaban J connectivity index is 1.56. The van der Waals surface area contributed by atoms with Crippen LogP contribution in [-0.4, -0.2) is 51.8 Å². The highest BCUT2D eigenvalue weighted by atomic mass is 32.2. The lowest BCUT2D eigenvalue weighted by Crippen LogP contribution is -2.20. The highest BCUT2D eigenvalue weighted by Gasteiger charge is 2.18. The maximum Gasteiger partial charge on any atom is 0.250 e. The number of ether oxygens (including phenoxy) is 2. The molecule has 0 atom stereocenters. The second kappa shape index (κ2) is 11.1. The van der Waals surface area contributed by atoms with Crippen molar-refractivity contribution in [2.24, 2.45) is 5.10 Å². The Morgan fingerprint density at radius 3 is 2.62 bits per heavy atom. The molecular formula is C24H22N6O3S. The fourth-order valence-electron chi connectivity index (χ4n) is 3.13. The number of benzene rings is 2. The summed E-state index contributed by atoms with van der Waals surface area (Å²) >= 11 is 1.26. The number of carbonyl (C=O) groups excluding carboxylic acids is 1. The van der Waals surface area contributed by atoms with E-state index >= 15 is 0 Å². The van der Waals surface area contributed by atoms with Gasteiger partial charge in [-0.3, -0.25) is 14.3 Å². The number of pyridine rings is 1. The zero-order valence-electron chi connectivity index (χ0n) is 18.6. The minimum atomic E-state index is -0.264. The Labute approximate surface area is 200 Å². The molecule has 0 saturated carbocycles. The van der Waals surface area contributed by atoms with Crippen LogP contribution in [0.5, 0.6) is 11.5 Å². The number of para-hydroxylation sites is 1. The molecule has 0 aliphatic heterocycles. The van der Waals surface area contributed by atoms with E-state index in [1.54, 1.807) is 32.7 Å². The first kappa shape index (κ1) is 23.0. The molecule has 10 heteroatoms. The average Bonchev–Trinajstić information content (AvgIpc) is 3.32. The summed E-state index contributed by atoms with van der Waals surface area (Å²) in [4.78, 5) is 16.3. The lowest BCUT2D eigenvalue weighted by atomic mass is 10.2. The minimum absolute atomic E-state index is 0.112. The van der Waals surface area contributed by atoms with Gasteiger partial charge < -0.3 is 9.47 Å². The van der Waals surface area contributed by atoms with Crippen molar-refractivity contribution in [1.29, 1.82) is 0 Å². The third-order valence-corrected chi connectivity index (χ3v) is 5.64. The first-order valence-electron chi connectivity index (χ1n) is 10.3. The van der Waals surface area contributed by atoms with Crippen LogP contribution in [0.4, 0.5) is 0 Å². The number of carbonyl (C=O) groups is 1. The maximum absolute atomic E-state index is 12.3. The Kier molecular flexibility index (Phi) is 7.51. The number of thioether (sulfide) groups is 1. The fraction of sp³-hybridized carbons (Fsp3) is 0.125. The molecule has 172 valence electrons. The first-order valence-corrected chi connectivity index (χ1v) is 11.3. The fourth-order valence-corrected chi connectivity index (χ4v) is 3.87. The molecule has 4 aromatic rings. The Morgan fingerprint density at radius 2 is 1.88 bits per heavy atom. The molecule has 4 rings (SSSR count). The third-order valence-electron chi connectivity index (χ3n) is 4.71. The van der Waals surface area contributed by atoms with Gasteiger partial charge in [-0.1, -0.05) is 36.0 Å². The van der Waals surface area contributed by atoms with Gasteiger partial charge in [0.15, 0.2) is 22.5 Å². The van der Waals surface area contributed by atoms with E-state index in [4.69, 9.17) is 9.47 Å². The predicted molar refractivity (Wildman–Crippen MR) is 131 cm³/mol. The van der Waals surface area contributed by atoms with Gasteiger partial charge in [-0.15, -0.1) is 10.2 Å². The highest BCUT2D eigenvalue weighted by Crippen LogP contribution is 2.34. The van der Waals surface area contributed by atoms with Gasteiger partial charge in [0.2, 0.25) is 0 Å². The number of aromatic nitrogens is 4. The number of nitrogens with zero attached hydrogens (tertiary/aromatic N) is 5. The summed E-state index contributed by atoms with van der Waals surface area (Å²) in [5.41, 5.74) is 4.98. The quantitative estimate of drug-likeness (QED) is 0.225. The van der Waals surface area contributed by atoms with Crippen molar-refractivity contribution < 1.29 is 14.3 Å². The summed E-state index contributed by atoms with van der Waals surface area (Å²) in [6, 6.07) is 18.9. The van der Waals surface area contributed by atoms with Crippen molar-refractivity contribution in [2.45, 2.75) is 5.16 Å². The van der Waals surface area contributed by atoms with Crippen molar-refractivity contribution in [3.8, 4) is 28.6 Å². The molecule has 0 aliphatic rings. The van der Waals surface area contributed by atoms with Crippen LogP contribution in [0.15, 0.2) is 83.3 Å². The SMILES string of the molecule is COc1ccc(-c2nnc(SCC(=O)NN=Cc3cccnc3)n2-c2ccccc2)cc1OC. The molecular weight excluding hydrogens is 452 g/mol. The van der Waals surface area contributed by atoms with E-state index in [2.05, 4.69) is 25.7 Å². The summed E-state index contributed by atoms with van der Waals surface area (Å²) in [5, 5.41) is 13.3. The van der Waals surface area contributed by atoms with Crippen LogP contribution in [0, 0.1) is 0 Å². The number of methoxy groups -OCH3 is 2. The van der Waals surface area contributed by atoms with Gasteiger partial charge in [-0.25, -0.2) is 5.43 Å². The Bertz CT molecular complexity index is 1280. The van der Waals surface area contributed by atoms with Crippen molar-refractivity contribution in [3.63, 3.8) is 0 Å². The molecule has 9 nitrogen and oxygen atoms in total. The molecule has 1 N–H and O–H groups in total. The standard InChI is InChI=1S/C24H22N6O3S/c1-32-20-11-10-18(13-21(20)33-2)23-28-29-24(30(23)19-8-4-3-5-9-19)34-16-22(31)27-26-15-17-7-6-12-25-14-17/h3-15H,16H2,1-2H3,(H,27,31). The van der Waals surface area contributed by atoms with Crippen LogP contribution >= 0.6 is 11.8 Å². The summed E-state index contributed by atoms with van der Waals surface area (Å²) in [6.45, 7) is 0. The minimum Gasteiger partial charge on any atom is -0.493 e. The molecule has 34 heavy (non-hydrogen) atoms. The largest absolute Gasteiger partial charge is 0.493 e. The topological polar surface area (TPSA) is 104 Å². The zero-order valence-corrected chi connectivity index (χ0v) is 19.4. The molecule has 0 fully saturated rings. The van der Waals surface area contributed by atoms with Crippen molar-refractivity contribution >= 4 is 23.9 Å². The van der Waals surface area contributed by atoms with E-state index in [0.29, 0.717) is 22.5 Å². The molecule has 2 aromatic carbocycles. The van der Waals surface area contributed by atoms with Crippen LogP contribution in [0.2, 0.25) is 0 Å². The van der Waals surface area contributed by atoms with Crippen LogP contribution < -0.4 is 14.9 Å². The second-order valence-electron chi connectivity index (χ2n) is 6.92. The summed E-state index contributed by atoms with van der Waals surface area (Å²) in [5.74, 6) is 1.67. The predicted octanol–water partition coefficient (Wildman–Crippen LogP) is 3.59. The van der Waals surface area contributed by atoms with Gasteiger partial charge in [0.05, 0.1) is 26.2 Å². The van der Waals surface area contributed by atoms with Crippen LogP contribution in [0.1, 0.15) is 5.56 Å². The molecule has 0 saturated heterocycles. The van der Waals surface area contributed by atoms with E-state index in [-0.39, 0.29) is 11.7 Å². The van der Waals surface area contributed by atoms with Gasteiger partial charge in [0, 0.05) is 29.2 Å². The van der Waals surface area contributed by atoms with Gasteiger partial charge >= 0.3 is 0 Å². The number of hydrogen-bond acceptors (Lipinski definition) is 8. The molecule has 0 unspecified atom stereocenters. The maximum atomic E-state index is 12.3. The van der Waals surface area contributed by atoms with E-state index in [1.165, 1.54) is 18.0 Å². The number of hydrogen-bond donors (Lipinski definition) is 1. The summed E-state index contributed by atoms with van der Waals surface area (Å²) in [7, 11) is 3.17. The molecule has 0 aliphatic carbocycles. The van der Waals surface area contributed by atoms with Gasteiger partial charge in [-0.2, -0.15) is 5.10 Å². The first-order chi connectivity index (χ1) is 16.7. The smallest absolute Gasteiger partial charge is 0.250 e. The summed E-state index contributed by atoms with van der Waals surface area (Å²) in [6.07, 6.45) is 4.87. The van der Waals surface area contributed by atoms with E-state index in [0.717, 1.165) is 16.8 Å². The van der Waals surface area contributed by atoms with Crippen molar-refractivity contribution in [2.75, 3.05) is 20.0 Å². The molecule has 2 aromatic heterocycles. The van der Waals surface area contributed by atoms with Crippen LogP contribution in [-0.2, 0) is 4.79 Å². The van der Waals surface area contributed by atoms with E-state index < -0.39 is 0 Å². The normalized spacial score (nSPS) is 10.9. The highest BCUT2D eigenvalue weighted by molar-refractivity contribution is 7.99. The molecule has 0 radical (unpaired) electrons. The van der Waals surface area contributed by atoms with Crippen LogP contribution in [0.25, 0.3) is 17.1 Å². The number of rotatable bonds is 9. The van der Waals surface area contributed by atoms with Crippen molar-refractivity contribution in [1.82, 2.24) is 25.2 Å². The third kappa shape index (κ3) is 5.41. The lowest BCUT2D eigenvalue weighted by Gasteiger charge is -2.12. The number of amides is 1. The van der Waals surface area contributed by atoms with E-state index in [9.17, 15) is 4.79 Å². The molecule has 1 amide bonds. The molecule has 0 spiro atoms. The Hall–Kier alpha value is -4.18. The lowest BCUT2D eigenvalue weighted by molar-refractivity contribution is -0.118.